The summed E-state index contributed by atoms with van der Waals surface area (Å²) in [6, 6.07) is 24.1. The number of H-pyrrole nitrogens is 1. The quantitative estimate of drug-likeness (QED) is 0.310. The van der Waals surface area contributed by atoms with Gasteiger partial charge in [0.05, 0.1) is 29.3 Å². The van der Waals surface area contributed by atoms with Gasteiger partial charge in [-0.1, -0.05) is 54.6 Å². The molecule has 4 aromatic rings. The zero-order valence-electron chi connectivity index (χ0n) is 21.8. The van der Waals surface area contributed by atoms with Gasteiger partial charge in [0, 0.05) is 37.6 Å². The van der Waals surface area contributed by atoms with E-state index in [1.165, 1.54) is 16.7 Å². The zero-order valence-corrected chi connectivity index (χ0v) is 21.8. The van der Waals surface area contributed by atoms with Crippen molar-refractivity contribution in [3.05, 3.63) is 119 Å². The maximum atomic E-state index is 4.88. The topological polar surface area (TPSA) is 69.2 Å². The van der Waals surface area contributed by atoms with Gasteiger partial charge in [-0.05, 0) is 66.8 Å². The summed E-state index contributed by atoms with van der Waals surface area (Å²) < 4.78 is 0. The van der Waals surface area contributed by atoms with E-state index in [2.05, 4.69) is 98.0 Å². The number of hydrogen-bond donors (Lipinski definition) is 2. The number of aryl methyl sites for hydroxylation is 1. The number of nitrogens with zero attached hydrogens (tertiary/aromatic N) is 4. The lowest BCUT2D eigenvalue weighted by molar-refractivity contribution is 0.188. The van der Waals surface area contributed by atoms with E-state index in [-0.39, 0.29) is 0 Å². The maximum Gasteiger partial charge on any atom is 0.121 e. The third-order valence-electron chi connectivity index (χ3n) is 7.40. The number of fused-ring (bicyclic) bond motifs is 2. The van der Waals surface area contributed by atoms with Crippen LogP contribution in [0.25, 0.3) is 11.0 Å². The number of hydrogen-bond acceptors (Lipinski definition) is 5. The third-order valence-corrected chi connectivity index (χ3v) is 7.40. The molecule has 1 aliphatic heterocycles. The van der Waals surface area contributed by atoms with Crippen LogP contribution in [0.4, 0.5) is 0 Å². The van der Waals surface area contributed by atoms with Gasteiger partial charge in [-0.2, -0.15) is 0 Å². The lowest BCUT2D eigenvalue weighted by Crippen LogP contribution is -2.37. The number of rotatable bonds is 9. The predicted molar refractivity (Wildman–Crippen MR) is 154 cm³/mol. The molecule has 2 unspecified atom stereocenters. The van der Waals surface area contributed by atoms with Crippen molar-refractivity contribution < 1.29 is 0 Å². The van der Waals surface area contributed by atoms with E-state index in [1.54, 1.807) is 0 Å². The molecule has 0 amide bonds. The van der Waals surface area contributed by atoms with Crippen molar-refractivity contribution in [2.24, 2.45) is 4.99 Å². The molecule has 38 heavy (non-hydrogen) atoms. The lowest BCUT2D eigenvalue weighted by Gasteiger charge is -2.34. The summed E-state index contributed by atoms with van der Waals surface area (Å²) in [6.45, 7) is 5.26. The fraction of sp³-hybridized carbons (Fsp3) is 0.281. The Morgan fingerprint density at radius 1 is 0.895 bits per heavy atom. The molecule has 2 N–H and O–H groups in total. The molecular weight excluding hydrogens is 468 g/mol. The highest BCUT2D eigenvalue weighted by Gasteiger charge is 2.26. The minimum absolute atomic E-state index is 0.311. The van der Waals surface area contributed by atoms with E-state index in [4.69, 9.17) is 4.98 Å². The van der Waals surface area contributed by atoms with Crippen LogP contribution in [0.1, 0.15) is 41.2 Å². The molecule has 0 spiro atoms. The fourth-order valence-electron chi connectivity index (χ4n) is 5.43. The number of aromatic amines is 1. The molecule has 6 nitrogen and oxygen atoms in total. The number of allylic oxidation sites excluding steroid dienone is 1. The Hall–Kier alpha value is -3.87. The molecule has 6 heteroatoms. The Balaban J connectivity index is 1.16. The van der Waals surface area contributed by atoms with Gasteiger partial charge in [0.1, 0.15) is 5.82 Å². The zero-order chi connectivity index (χ0) is 25.7. The molecular formula is C32H34N6. The molecule has 192 valence electrons. The first kappa shape index (κ1) is 24.5. The minimum Gasteiger partial charge on any atom is -0.341 e. The second kappa shape index (κ2) is 11.3. The van der Waals surface area contributed by atoms with E-state index in [1.807, 2.05) is 25.3 Å². The molecule has 0 saturated heterocycles. The third kappa shape index (κ3) is 5.82. The van der Waals surface area contributed by atoms with Crippen molar-refractivity contribution in [3.63, 3.8) is 0 Å². The molecule has 0 saturated carbocycles. The van der Waals surface area contributed by atoms with Crippen LogP contribution in [0.3, 0.4) is 0 Å². The largest absolute Gasteiger partial charge is 0.341 e. The van der Waals surface area contributed by atoms with Crippen LogP contribution in [0.15, 0.2) is 95.5 Å². The second-order valence-corrected chi connectivity index (χ2v) is 10.3. The Kier molecular flexibility index (Phi) is 7.25. The number of dihydropyridines is 1. The Bertz CT molecular complexity index is 1450. The van der Waals surface area contributed by atoms with Gasteiger partial charge in [0.15, 0.2) is 0 Å². The van der Waals surface area contributed by atoms with Crippen molar-refractivity contribution in [1.29, 1.82) is 0 Å². The molecule has 1 aliphatic carbocycles. The first-order chi connectivity index (χ1) is 18.7. The second-order valence-electron chi connectivity index (χ2n) is 10.3. The summed E-state index contributed by atoms with van der Waals surface area (Å²) in [6.07, 6.45) is 10.8. The normalized spacial score (nSPS) is 18.6. The molecule has 2 aromatic carbocycles. The van der Waals surface area contributed by atoms with Crippen molar-refractivity contribution in [2.45, 2.75) is 58.0 Å². The summed E-state index contributed by atoms with van der Waals surface area (Å²) in [5.41, 5.74) is 8.16. The number of imidazole rings is 1. The SMILES string of the molecule is Cc1cccc(CNCc2ccc(CN(Cc3nc4ccccc4[nH]3)C3C=C4C=CC=NC4CC3)cc2)n1. The van der Waals surface area contributed by atoms with Crippen LogP contribution >= 0.6 is 0 Å². The standard InChI is InChI=1S/C32H34N6/c1-23-6-4-8-27(35-23)20-33-19-24-11-13-25(14-12-24)21-38(22-32-36-30-9-2-3-10-31(30)37-32)28-15-16-29-26(18-28)7-5-17-34-29/h2-14,17-18,28-29,33H,15-16,19-22H2,1H3,(H,36,37). The van der Waals surface area contributed by atoms with E-state index in [9.17, 15) is 0 Å². The van der Waals surface area contributed by atoms with Gasteiger partial charge < -0.3 is 10.3 Å². The van der Waals surface area contributed by atoms with E-state index < -0.39 is 0 Å². The molecule has 6 rings (SSSR count). The van der Waals surface area contributed by atoms with E-state index in [0.717, 1.165) is 67.3 Å². The number of aromatic nitrogens is 3. The minimum atomic E-state index is 0.311. The highest BCUT2D eigenvalue weighted by atomic mass is 15.2. The molecule has 3 heterocycles. The highest BCUT2D eigenvalue weighted by Crippen LogP contribution is 2.29. The molecule has 2 aliphatic rings. The molecule has 2 atom stereocenters. The predicted octanol–water partition coefficient (Wildman–Crippen LogP) is 5.66. The number of benzene rings is 2. The van der Waals surface area contributed by atoms with Crippen LogP contribution in [0.2, 0.25) is 0 Å². The summed E-state index contributed by atoms with van der Waals surface area (Å²) in [7, 11) is 0. The van der Waals surface area contributed by atoms with Crippen molar-refractivity contribution >= 4 is 17.2 Å². The Morgan fingerprint density at radius 3 is 2.63 bits per heavy atom. The highest BCUT2D eigenvalue weighted by molar-refractivity contribution is 5.75. The van der Waals surface area contributed by atoms with Crippen LogP contribution in [-0.2, 0) is 26.2 Å². The number of pyridine rings is 1. The van der Waals surface area contributed by atoms with Crippen LogP contribution < -0.4 is 5.32 Å². The number of nitrogens with one attached hydrogen (secondary N) is 2. The van der Waals surface area contributed by atoms with Crippen molar-refractivity contribution in [1.82, 2.24) is 25.2 Å². The van der Waals surface area contributed by atoms with Crippen molar-refractivity contribution in [3.8, 4) is 0 Å². The molecule has 0 fully saturated rings. The Morgan fingerprint density at radius 2 is 1.76 bits per heavy atom. The first-order valence-corrected chi connectivity index (χ1v) is 13.5. The van der Waals surface area contributed by atoms with Crippen molar-refractivity contribution in [2.75, 3.05) is 0 Å². The van der Waals surface area contributed by atoms with Crippen LogP contribution in [-0.4, -0.2) is 38.2 Å². The van der Waals surface area contributed by atoms with Gasteiger partial charge in [0.25, 0.3) is 0 Å². The average molecular weight is 503 g/mol. The fourth-order valence-corrected chi connectivity index (χ4v) is 5.43. The molecule has 2 aromatic heterocycles. The van der Waals surface area contributed by atoms with E-state index in [0.29, 0.717) is 12.1 Å². The first-order valence-electron chi connectivity index (χ1n) is 13.5. The van der Waals surface area contributed by atoms with Crippen LogP contribution in [0, 0.1) is 6.92 Å². The van der Waals surface area contributed by atoms with Gasteiger partial charge in [-0.25, -0.2) is 4.98 Å². The lowest BCUT2D eigenvalue weighted by atomic mass is 9.89. The molecule has 0 bridgehead atoms. The smallest absolute Gasteiger partial charge is 0.121 e. The van der Waals surface area contributed by atoms with Crippen LogP contribution in [0.5, 0.6) is 0 Å². The van der Waals surface area contributed by atoms with Gasteiger partial charge >= 0.3 is 0 Å². The monoisotopic (exact) mass is 502 g/mol. The molecule has 0 radical (unpaired) electrons. The number of aliphatic imine (C=N–C) groups is 1. The maximum absolute atomic E-state index is 4.88. The van der Waals surface area contributed by atoms with Gasteiger partial charge in [0.2, 0.25) is 0 Å². The van der Waals surface area contributed by atoms with E-state index >= 15 is 0 Å². The average Bonchev–Trinajstić information content (AvgIpc) is 3.36. The Labute approximate surface area is 224 Å². The summed E-state index contributed by atoms with van der Waals surface area (Å²) in [4.78, 5) is 20.2. The summed E-state index contributed by atoms with van der Waals surface area (Å²) >= 11 is 0. The van der Waals surface area contributed by atoms with Gasteiger partial charge in [-0.3, -0.25) is 14.9 Å². The summed E-state index contributed by atoms with van der Waals surface area (Å²) in [5.74, 6) is 1.01. The number of para-hydroxylation sites is 2. The van der Waals surface area contributed by atoms with Gasteiger partial charge in [-0.15, -0.1) is 0 Å². The summed E-state index contributed by atoms with van der Waals surface area (Å²) in [5, 5.41) is 3.52.